The summed E-state index contributed by atoms with van der Waals surface area (Å²) in [6.45, 7) is 2.20. The number of nitrogens with zero attached hydrogens (tertiary/aromatic N) is 2. The highest BCUT2D eigenvalue weighted by molar-refractivity contribution is 5.91. The lowest BCUT2D eigenvalue weighted by Gasteiger charge is -2.16. The second-order valence-corrected chi connectivity index (χ2v) is 6.52. The van der Waals surface area contributed by atoms with Gasteiger partial charge in [0.2, 0.25) is 5.91 Å². The number of anilines is 1. The first kappa shape index (κ1) is 15.7. The van der Waals surface area contributed by atoms with Crippen molar-refractivity contribution in [3.63, 3.8) is 0 Å². The van der Waals surface area contributed by atoms with Crippen molar-refractivity contribution < 1.29 is 14.3 Å². The molecule has 0 bridgehead atoms. The van der Waals surface area contributed by atoms with Gasteiger partial charge in [0.1, 0.15) is 6.10 Å². The number of rotatable bonds is 3. The van der Waals surface area contributed by atoms with Crippen molar-refractivity contribution in [3.8, 4) is 11.3 Å². The standard InChI is InChI=1S/C18H20N4O3/c1-11(23)19-9-15-10-22(18(24)25-15)14-6-5-12-3-2-4-13-8-20-21-17(13)16(12)7-14/h5-8,15H,2-4,9-10H2,1H3,(H,19,23)(H,20,21). The largest absolute Gasteiger partial charge is 0.442 e. The summed E-state index contributed by atoms with van der Waals surface area (Å²) in [6.07, 6.45) is 4.26. The van der Waals surface area contributed by atoms with Crippen molar-refractivity contribution in [1.82, 2.24) is 15.5 Å². The lowest BCUT2D eigenvalue weighted by Crippen LogP contribution is -2.33. The van der Waals surface area contributed by atoms with E-state index in [2.05, 4.69) is 21.6 Å². The fraction of sp³-hybridized carbons (Fsp3) is 0.389. The van der Waals surface area contributed by atoms with E-state index in [1.807, 2.05) is 18.3 Å². The third-order valence-electron chi connectivity index (χ3n) is 4.74. The Hall–Kier alpha value is -2.83. The first-order valence-electron chi connectivity index (χ1n) is 8.50. The van der Waals surface area contributed by atoms with E-state index in [4.69, 9.17) is 4.74 Å². The molecule has 25 heavy (non-hydrogen) atoms. The molecule has 7 heteroatoms. The number of amides is 2. The quantitative estimate of drug-likeness (QED) is 0.895. The number of carbonyl (C=O) groups excluding carboxylic acids is 2. The van der Waals surface area contributed by atoms with Gasteiger partial charge in [-0.25, -0.2) is 4.79 Å². The molecule has 0 spiro atoms. The van der Waals surface area contributed by atoms with Gasteiger partial charge in [0.25, 0.3) is 0 Å². The molecule has 130 valence electrons. The smallest absolute Gasteiger partial charge is 0.414 e. The Morgan fingerprint density at radius 2 is 2.24 bits per heavy atom. The predicted octanol–water partition coefficient (Wildman–Crippen LogP) is 2.03. The topological polar surface area (TPSA) is 87.3 Å². The Balaban J connectivity index is 1.61. The molecule has 1 aliphatic heterocycles. The molecular formula is C18H20N4O3. The number of cyclic esters (lactones) is 1. The number of nitrogens with one attached hydrogen (secondary N) is 2. The molecule has 2 amide bonds. The highest BCUT2D eigenvalue weighted by atomic mass is 16.6. The van der Waals surface area contributed by atoms with E-state index in [0.717, 1.165) is 36.2 Å². The molecule has 1 saturated heterocycles. The van der Waals surface area contributed by atoms with Crippen molar-refractivity contribution >= 4 is 17.7 Å². The van der Waals surface area contributed by atoms with E-state index in [9.17, 15) is 9.59 Å². The molecule has 2 N–H and O–H groups in total. The monoisotopic (exact) mass is 340 g/mol. The van der Waals surface area contributed by atoms with E-state index >= 15 is 0 Å². The molecule has 0 radical (unpaired) electrons. The van der Waals surface area contributed by atoms with Gasteiger partial charge < -0.3 is 10.1 Å². The minimum Gasteiger partial charge on any atom is -0.442 e. The van der Waals surface area contributed by atoms with Crippen LogP contribution in [0, 0.1) is 0 Å². The second-order valence-electron chi connectivity index (χ2n) is 6.52. The maximum atomic E-state index is 12.2. The lowest BCUT2D eigenvalue weighted by molar-refractivity contribution is -0.119. The Kier molecular flexibility index (Phi) is 3.91. The number of benzene rings is 1. The van der Waals surface area contributed by atoms with Crippen molar-refractivity contribution in [3.05, 3.63) is 35.5 Å². The maximum absolute atomic E-state index is 12.2. The average molecular weight is 340 g/mol. The third-order valence-corrected chi connectivity index (χ3v) is 4.74. The van der Waals surface area contributed by atoms with Gasteiger partial charge in [-0.1, -0.05) is 6.07 Å². The molecule has 1 unspecified atom stereocenters. The molecular weight excluding hydrogens is 320 g/mol. The van der Waals surface area contributed by atoms with Crippen molar-refractivity contribution in [2.75, 3.05) is 18.0 Å². The van der Waals surface area contributed by atoms with Crippen LogP contribution < -0.4 is 10.2 Å². The average Bonchev–Trinajstić information content (AvgIpc) is 3.16. The number of hydrogen-bond acceptors (Lipinski definition) is 4. The van der Waals surface area contributed by atoms with Crippen LogP contribution in [-0.2, 0) is 22.4 Å². The van der Waals surface area contributed by atoms with Crippen LogP contribution in [0.25, 0.3) is 11.3 Å². The number of aromatic nitrogens is 2. The molecule has 0 saturated carbocycles. The minimum atomic E-state index is -0.381. The number of fused-ring (bicyclic) bond motifs is 3. The second kappa shape index (κ2) is 6.23. The normalized spacial score (nSPS) is 19.0. The molecule has 7 nitrogen and oxygen atoms in total. The van der Waals surface area contributed by atoms with E-state index in [1.54, 1.807) is 4.90 Å². The summed E-state index contributed by atoms with van der Waals surface area (Å²) in [4.78, 5) is 24.9. The summed E-state index contributed by atoms with van der Waals surface area (Å²) in [7, 11) is 0. The summed E-state index contributed by atoms with van der Waals surface area (Å²) < 4.78 is 5.35. The zero-order valence-electron chi connectivity index (χ0n) is 14.0. The first-order valence-corrected chi connectivity index (χ1v) is 8.50. The van der Waals surface area contributed by atoms with Crippen LogP contribution in [0.2, 0.25) is 0 Å². The first-order chi connectivity index (χ1) is 12.1. The maximum Gasteiger partial charge on any atom is 0.414 e. The van der Waals surface area contributed by atoms with E-state index in [1.165, 1.54) is 18.1 Å². The van der Waals surface area contributed by atoms with Crippen LogP contribution in [0.1, 0.15) is 24.5 Å². The van der Waals surface area contributed by atoms with Crippen molar-refractivity contribution in [2.24, 2.45) is 0 Å². The summed E-state index contributed by atoms with van der Waals surface area (Å²) in [6, 6.07) is 6.07. The number of H-pyrrole nitrogens is 1. The summed E-state index contributed by atoms with van der Waals surface area (Å²) in [5, 5.41) is 9.95. The van der Waals surface area contributed by atoms with Gasteiger partial charge in [-0.3, -0.25) is 14.8 Å². The van der Waals surface area contributed by atoms with E-state index in [0.29, 0.717) is 13.1 Å². The van der Waals surface area contributed by atoms with Crippen molar-refractivity contribution in [2.45, 2.75) is 32.3 Å². The molecule has 2 aromatic rings. The van der Waals surface area contributed by atoms with E-state index in [-0.39, 0.29) is 18.1 Å². The van der Waals surface area contributed by atoms with Gasteiger partial charge in [0.15, 0.2) is 0 Å². The number of ether oxygens (including phenoxy) is 1. The molecule has 2 heterocycles. The van der Waals surface area contributed by atoms with Gasteiger partial charge >= 0.3 is 6.09 Å². The Morgan fingerprint density at radius 3 is 3.08 bits per heavy atom. The Morgan fingerprint density at radius 1 is 1.40 bits per heavy atom. The van der Waals surface area contributed by atoms with Crippen LogP contribution in [0.15, 0.2) is 24.4 Å². The van der Waals surface area contributed by atoms with Gasteiger partial charge in [0.05, 0.1) is 25.0 Å². The van der Waals surface area contributed by atoms with Crippen LogP contribution in [-0.4, -0.2) is 41.4 Å². The number of aromatic amines is 1. The minimum absolute atomic E-state index is 0.133. The molecule has 1 aromatic heterocycles. The lowest BCUT2D eigenvalue weighted by atomic mass is 10.0. The SMILES string of the molecule is CC(=O)NCC1CN(c2ccc3c(c2)-c2[nH]ncc2CCC3)C(=O)O1. The predicted molar refractivity (Wildman–Crippen MR) is 92.3 cm³/mol. The van der Waals surface area contributed by atoms with E-state index < -0.39 is 0 Å². The van der Waals surface area contributed by atoms with Gasteiger partial charge in [-0.05, 0) is 42.5 Å². The third kappa shape index (κ3) is 2.97. The zero-order chi connectivity index (χ0) is 17.4. The summed E-state index contributed by atoms with van der Waals surface area (Å²) >= 11 is 0. The molecule has 1 aromatic carbocycles. The highest BCUT2D eigenvalue weighted by Gasteiger charge is 2.33. The molecule has 2 aliphatic rings. The van der Waals surface area contributed by atoms with Crippen molar-refractivity contribution in [1.29, 1.82) is 0 Å². The Bertz CT molecular complexity index is 829. The van der Waals surface area contributed by atoms with Crippen LogP contribution in [0.3, 0.4) is 0 Å². The van der Waals surface area contributed by atoms with Gasteiger partial charge in [0, 0.05) is 18.2 Å². The Labute approximate surface area is 145 Å². The fourth-order valence-corrected chi connectivity index (χ4v) is 3.48. The highest BCUT2D eigenvalue weighted by Crippen LogP contribution is 2.34. The number of hydrogen-bond donors (Lipinski definition) is 2. The van der Waals surface area contributed by atoms with Gasteiger partial charge in [-0.15, -0.1) is 0 Å². The zero-order valence-corrected chi connectivity index (χ0v) is 14.0. The molecule has 1 aliphatic carbocycles. The fourth-order valence-electron chi connectivity index (χ4n) is 3.48. The van der Waals surface area contributed by atoms with Crippen LogP contribution in [0.4, 0.5) is 10.5 Å². The molecule has 4 rings (SSSR count). The summed E-state index contributed by atoms with van der Waals surface area (Å²) in [5.74, 6) is -0.133. The van der Waals surface area contributed by atoms with Crippen LogP contribution in [0.5, 0.6) is 0 Å². The summed E-state index contributed by atoms with van der Waals surface area (Å²) in [5.41, 5.74) is 5.41. The number of aryl methyl sites for hydroxylation is 2. The van der Waals surface area contributed by atoms with Gasteiger partial charge in [-0.2, -0.15) is 5.10 Å². The molecule has 1 fully saturated rings. The molecule has 1 atom stereocenters. The van der Waals surface area contributed by atoms with Crippen LogP contribution >= 0.6 is 0 Å². The number of carbonyl (C=O) groups is 2.